The summed E-state index contributed by atoms with van der Waals surface area (Å²) < 4.78 is 60.8. The van der Waals surface area contributed by atoms with Gasteiger partial charge in [0.1, 0.15) is 5.75 Å². The number of alkyl halides is 4. The molecule has 2 aliphatic heterocycles. The van der Waals surface area contributed by atoms with Gasteiger partial charge in [0.2, 0.25) is 5.91 Å². The Kier molecular flexibility index (Phi) is 6.02. The van der Waals surface area contributed by atoms with Gasteiger partial charge >= 0.3 is 12.5 Å². The number of rotatable bonds is 7. The standard InChI is InChI=1S/C19H22F4N2O4/c1-28-11-10-24-8-6-18(17(24)27)7-9-25(12-18)15(26)13-4-2-3-5-14(13)29-19(22,23)16(20)21/h2-5,16H,6-12H2,1H3. The summed E-state index contributed by atoms with van der Waals surface area (Å²) in [5.74, 6) is -1.31. The van der Waals surface area contributed by atoms with Crippen LogP contribution in [-0.4, -0.2) is 74.0 Å². The lowest BCUT2D eigenvalue weighted by Gasteiger charge is -2.24. The molecule has 2 amide bonds. The number of ether oxygens (including phenoxy) is 2. The van der Waals surface area contributed by atoms with Crippen LogP contribution in [0.5, 0.6) is 5.75 Å². The van der Waals surface area contributed by atoms with E-state index in [0.29, 0.717) is 32.5 Å². The molecule has 0 aromatic heterocycles. The summed E-state index contributed by atoms with van der Waals surface area (Å²) >= 11 is 0. The summed E-state index contributed by atoms with van der Waals surface area (Å²) in [4.78, 5) is 28.8. The van der Waals surface area contributed by atoms with Crippen LogP contribution in [0.4, 0.5) is 17.6 Å². The zero-order valence-electron chi connectivity index (χ0n) is 15.9. The minimum absolute atomic E-state index is 0.0568. The number of carbonyl (C=O) groups is 2. The van der Waals surface area contributed by atoms with Gasteiger partial charge in [-0.2, -0.15) is 17.6 Å². The minimum atomic E-state index is -4.72. The fraction of sp³-hybridized carbons (Fsp3) is 0.579. The van der Waals surface area contributed by atoms with Gasteiger partial charge in [0.05, 0.1) is 17.6 Å². The van der Waals surface area contributed by atoms with Crippen LogP contribution in [0.25, 0.3) is 0 Å². The Morgan fingerprint density at radius 1 is 1.24 bits per heavy atom. The molecule has 2 aliphatic rings. The van der Waals surface area contributed by atoms with Gasteiger partial charge in [-0.25, -0.2) is 0 Å². The van der Waals surface area contributed by atoms with Crippen molar-refractivity contribution in [3.63, 3.8) is 0 Å². The second kappa shape index (κ2) is 8.17. The van der Waals surface area contributed by atoms with Crippen molar-refractivity contribution >= 4 is 11.8 Å². The maximum atomic E-state index is 13.3. The number of hydrogen-bond donors (Lipinski definition) is 0. The number of benzene rings is 1. The van der Waals surface area contributed by atoms with Crippen LogP contribution in [0.15, 0.2) is 24.3 Å². The van der Waals surface area contributed by atoms with Crippen LogP contribution in [0.3, 0.4) is 0 Å². The maximum absolute atomic E-state index is 13.3. The van der Waals surface area contributed by atoms with E-state index >= 15 is 0 Å². The molecular weight excluding hydrogens is 396 g/mol. The molecule has 3 rings (SSSR count). The largest absolute Gasteiger partial charge is 0.461 e. The van der Waals surface area contributed by atoms with Gasteiger partial charge in [0.25, 0.3) is 5.91 Å². The van der Waals surface area contributed by atoms with Crippen LogP contribution in [0.1, 0.15) is 23.2 Å². The van der Waals surface area contributed by atoms with Crippen LogP contribution in [-0.2, 0) is 9.53 Å². The molecule has 6 nitrogen and oxygen atoms in total. The second-order valence-electron chi connectivity index (χ2n) is 7.25. The van der Waals surface area contributed by atoms with E-state index in [2.05, 4.69) is 4.74 Å². The van der Waals surface area contributed by atoms with Crippen molar-refractivity contribution in [3.8, 4) is 5.75 Å². The monoisotopic (exact) mass is 418 g/mol. The van der Waals surface area contributed by atoms with E-state index in [1.165, 1.54) is 23.1 Å². The molecule has 160 valence electrons. The number of methoxy groups -OCH3 is 1. The van der Waals surface area contributed by atoms with E-state index in [4.69, 9.17) is 4.74 Å². The van der Waals surface area contributed by atoms with Crippen LogP contribution < -0.4 is 4.74 Å². The second-order valence-corrected chi connectivity index (χ2v) is 7.25. The first-order chi connectivity index (χ1) is 13.7. The Hall–Kier alpha value is -2.36. The Morgan fingerprint density at radius 3 is 2.62 bits per heavy atom. The molecule has 2 saturated heterocycles. The first-order valence-electron chi connectivity index (χ1n) is 9.22. The lowest BCUT2D eigenvalue weighted by Crippen LogP contribution is -2.39. The van der Waals surface area contributed by atoms with Crippen LogP contribution >= 0.6 is 0 Å². The summed E-state index contributed by atoms with van der Waals surface area (Å²) in [5, 5.41) is 0. The van der Waals surface area contributed by atoms with Gasteiger partial charge in [-0.1, -0.05) is 12.1 Å². The van der Waals surface area contributed by atoms with Gasteiger partial charge in [-0.05, 0) is 25.0 Å². The Bertz CT molecular complexity index is 776. The molecule has 1 spiro atoms. The molecule has 2 heterocycles. The van der Waals surface area contributed by atoms with Crippen molar-refractivity contribution < 1.29 is 36.6 Å². The SMILES string of the molecule is COCCN1CCC2(CCN(C(=O)c3ccccc3OC(F)(F)C(F)F)C2)C1=O. The first kappa shape index (κ1) is 21.4. The number of likely N-dealkylation sites (tertiary alicyclic amines) is 2. The average Bonchev–Trinajstić information content (AvgIpc) is 3.25. The van der Waals surface area contributed by atoms with E-state index in [9.17, 15) is 27.2 Å². The molecule has 10 heteroatoms. The van der Waals surface area contributed by atoms with Crippen molar-refractivity contribution in [1.82, 2.24) is 9.80 Å². The van der Waals surface area contributed by atoms with E-state index < -0.39 is 29.6 Å². The highest BCUT2D eigenvalue weighted by Gasteiger charge is 2.52. The summed E-state index contributed by atoms with van der Waals surface area (Å²) in [6.07, 6.45) is -7.71. The summed E-state index contributed by atoms with van der Waals surface area (Å²) in [6.45, 7) is 1.85. The molecule has 0 saturated carbocycles. The maximum Gasteiger partial charge on any atom is 0.461 e. The molecule has 29 heavy (non-hydrogen) atoms. The minimum Gasteiger partial charge on any atom is -0.427 e. The lowest BCUT2D eigenvalue weighted by atomic mass is 9.85. The zero-order chi connectivity index (χ0) is 21.2. The molecule has 1 aromatic carbocycles. The number of para-hydroxylation sites is 1. The quantitative estimate of drug-likeness (QED) is 0.639. The van der Waals surface area contributed by atoms with E-state index in [-0.39, 0.29) is 24.6 Å². The molecule has 0 bridgehead atoms. The Morgan fingerprint density at radius 2 is 1.93 bits per heavy atom. The fourth-order valence-corrected chi connectivity index (χ4v) is 3.83. The van der Waals surface area contributed by atoms with Gasteiger partial charge in [-0.3, -0.25) is 9.59 Å². The molecule has 0 radical (unpaired) electrons. The predicted octanol–water partition coefficient (Wildman–Crippen LogP) is 2.63. The topological polar surface area (TPSA) is 59.1 Å². The van der Waals surface area contributed by atoms with Crippen LogP contribution in [0.2, 0.25) is 0 Å². The summed E-state index contributed by atoms with van der Waals surface area (Å²) in [6, 6.07) is 5.03. The third-order valence-corrected chi connectivity index (χ3v) is 5.43. The van der Waals surface area contributed by atoms with Gasteiger partial charge in [0, 0.05) is 33.3 Å². The normalized spacial score (nSPS) is 22.2. The van der Waals surface area contributed by atoms with Crippen molar-refractivity contribution in [2.24, 2.45) is 5.41 Å². The highest BCUT2D eigenvalue weighted by Crippen LogP contribution is 2.41. The molecule has 0 N–H and O–H groups in total. The van der Waals surface area contributed by atoms with Gasteiger partial charge in [-0.15, -0.1) is 0 Å². The van der Waals surface area contributed by atoms with Crippen molar-refractivity contribution in [1.29, 1.82) is 0 Å². The lowest BCUT2D eigenvalue weighted by molar-refractivity contribution is -0.253. The molecular formula is C19H22F4N2O4. The average molecular weight is 418 g/mol. The van der Waals surface area contributed by atoms with Crippen molar-refractivity contribution in [2.45, 2.75) is 25.4 Å². The summed E-state index contributed by atoms with van der Waals surface area (Å²) in [5.41, 5.74) is -0.946. The van der Waals surface area contributed by atoms with Gasteiger partial charge in [0.15, 0.2) is 0 Å². The molecule has 1 aromatic rings. The Labute approximate surface area is 165 Å². The molecule has 2 fully saturated rings. The number of halogens is 4. The molecule has 0 aliphatic carbocycles. The molecule has 1 atom stereocenters. The number of hydrogen-bond acceptors (Lipinski definition) is 4. The van der Waals surface area contributed by atoms with Crippen molar-refractivity contribution in [3.05, 3.63) is 29.8 Å². The third kappa shape index (κ3) is 4.17. The Balaban J connectivity index is 1.74. The predicted molar refractivity (Wildman–Crippen MR) is 94.0 cm³/mol. The van der Waals surface area contributed by atoms with E-state index in [0.717, 1.165) is 6.07 Å². The van der Waals surface area contributed by atoms with E-state index in [1.807, 2.05) is 0 Å². The number of carbonyl (C=O) groups excluding carboxylic acids is 2. The number of amides is 2. The molecule has 1 unspecified atom stereocenters. The number of nitrogens with zero attached hydrogens (tertiary/aromatic N) is 2. The van der Waals surface area contributed by atoms with E-state index in [1.54, 1.807) is 12.0 Å². The third-order valence-electron chi connectivity index (χ3n) is 5.43. The first-order valence-corrected chi connectivity index (χ1v) is 9.22. The summed E-state index contributed by atoms with van der Waals surface area (Å²) in [7, 11) is 1.55. The van der Waals surface area contributed by atoms with Crippen molar-refractivity contribution in [2.75, 3.05) is 39.9 Å². The van der Waals surface area contributed by atoms with Gasteiger partial charge < -0.3 is 19.3 Å². The zero-order valence-corrected chi connectivity index (χ0v) is 15.9. The smallest absolute Gasteiger partial charge is 0.427 e. The highest BCUT2D eigenvalue weighted by atomic mass is 19.3. The van der Waals surface area contributed by atoms with Crippen LogP contribution in [0, 0.1) is 5.41 Å². The fourth-order valence-electron chi connectivity index (χ4n) is 3.83. The highest BCUT2D eigenvalue weighted by molar-refractivity contribution is 5.98.